The number of carboxylic acids is 1. The van der Waals surface area contributed by atoms with Crippen LogP contribution in [-0.4, -0.2) is 45.1 Å². The summed E-state index contributed by atoms with van der Waals surface area (Å²) in [7, 11) is -1.42. The quantitative estimate of drug-likeness (QED) is 0.376. The summed E-state index contributed by atoms with van der Waals surface area (Å²) in [6.07, 6.45) is 1.08. The minimum atomic E-state index is -1.42. The smallest absolute Gasteiger partial charge is 0.331 e. The molecule has 1 unspecified atom stereocenters. The normalized spacial score (nSPS) is 15.6. The third-order valence-electron chi connectivity index (χ3n) is 2.13. The summed E-state index contributed by atoms with van der Waals surface area (Å²) < 4.78 is 15.7. The highest BCUT2D eigenvalue weighted by Crippen LogP contribution is 2.00. The number of allylic oxidation sites excluding steroid dienone is 1. The van der Waals surface area contributed by atoms with Gasteiger partial charge in [-0.3, -0.25) is 13.8 Å². The van der Waals surface area contributed by atoms with E-state index in [1.165, 1.54) is 5.41 Å². The van der Waals surface area contributed by atoms with Crippen molar-refractivity contribution in [3.8, 4) is 0 Å². The molecule has 0 amide bonds. The molecule has 0 aromatic carbocycles. The minimum absolute atomic E-state index is 0.152. The molecule has 0 rings (SSSR count). The molecule has 0 bridgehead atoms. The van der Waals surface area contributed by atoms with Crippen LogP contribution in [0.3, 0.4) is 0 Å². The lowest BCUT2D eigenvalue weighted by Gasteiger charge is -2.09. The zero-order valence-corrected chi connectivity index (χ0v) is 11.8. The van der Waals surface area contributed by atoms with Gasteiger partial charge in [0.05, 0.1) is 5.75 Å². The highest BCUT2D eigenvalue weighted by atomic mass is 32.2. The van der Waals surface area contributed by atoms with Crippen molar-refractivity contribution in [1.82, 2.24) is 0 Å². The molecule has 0 saturated carbocycles. The van der Waals surface area contributed by atoms with Crippen molar-refractivity contribution in [1.29, 1.82) is 0 Å². The third-order valence-corrected chi connectivity index (χ3v) is 3.39. The highest BCUT2D eigenvalue weighted by molar-refractivity contribution is 7.88. The standard InChI is InChI=1S/C11H18N2O6S/c1-2-5-20(18)6-8(13)11(17)19-9(14)4-3-7(12)10(15)16/h2,5,7-8H,3-4,6,12-13H2,1H3,(H,15,16)/b5-2+/t7-,8-,20?/m0/s1. The van der Waals surface area contributed by atoms with Gasteiger partial charge in [0.15, 0.2) is 0 Å². The average molecular weight is 306 g/mol. The van der Waals surface area contributed by atoms with E-state index in [9.17, 15) is 18.6 Å². The molecule has 0 fully saturated rings. The van der Waals surface area contributed by atoms with Gasteiger partial charge in [-0.05, 0) is 18.8 Å². The van der Waals surface area contributed by atoms with E-state index in [1.807, 2.05) is 0 Å². The Morgan fingerprint density at radius 2 is 1.90 bits per heavy atom. The van der Waals surface area contributed by atoms with E-state index >= 15 is 0 Å². The maximum absolute atomic E-state index is 11.4. The van der Waals surface area contributed by atoms with Crippen molar-refractivity contribution in [2.24, 2.45) is 11.5 Å². The number of carbonyl (C=O) groups is 3. The summed E-state index contributed by atoms with van der Waals surface area (Å²) in [6, 6.07) is -2.39. The highest BCUT2D eigenvalue weighted by Gasteiger charge is 2.21. The van der Waals surface area contributed by atoms with Gasteiger partial charge in [0.25, 0.3) is 0 Å². The van der Waals surface area contributed by atoms with Crippen LogP contribution < -0.4 is 11.5 Å². The molecule has 8 nitrogen and oxygen atoms in total. The van der Waals surface area contributed by atoms with Crippen LogP contribution in [0.15, 0.2) is 11.5 Å². The molecule has 0 aliphatic carbocycles. The number of esters is 2. The van der Waals surface area contributed by atoms with Crippen LogP contribution in [0.4, 0.5) is 0 Å². The van der Waals surface area contributed by atoms with Crippen molar-refractivity contribution in [2.45, 2.75) is 31.8 Å². The molecule has 0 aromatic heterocycles. The van der Waals surface area contributed by atoms with E-state index in [0.29, 0.717) is 0 Å². The van der Waals surface area contributed by atoms with Crippen molar-refractivity contribution < 1.29 is 28.4 Å². The molecule has 0 radical (unpaired) electrons. The van der Waals surface area contributed by atoms with E-state index < -0.39 is 40.8 Å². The van der Waals surface area contributed by atoms with E-state index in [-0.39, 0.29) is 18.6 Å². The number of hydrogen-bond donors (Lipinski definition) is 3. The molecule has 5 N–H and O–H groups in total. The Balaban J connectivity index is 4.15. The summed E-state index contributed by atoms with van der Waals surface area (Å²) in [5.41, 5.74) is 10.6. The maximum atomic E-state index is 11.4. The zero-order chi connectivity index (χ0) is 15.7. The Bertz CT molecular complexity index is 423. The average Bonchev–Trinajstić information content (AvgIpc) is 2.35. The van der Waals surface area contributed by atoms with Crippen LogP contribution in [0.5, 0.6) is 0 Å². The van der Waals surface area contributed by atoms with Gasteiger partial charge in [-0.1, -0.05) is 6.08 Å². The Kier molecular flexibility index (Phi) is 8.61. The second-order valence-electron chi connectivity index (χ2n) is 3.90. The molecule has 0 spiro atoms. The first-order valence-corrected chi connectivity index (χ1v) is 7.14. The summed E-state index contributed by atoms with van der Waals surface area (Å²) in [6.45, 7) is 1.66. The molecular formula is C11H18N2O6S. The number of hydrogen-bond acceptors (Lipinski definition) is 7. The summed E-state index contributed by atoms with van der Waals surface area (Å²) in [4.78, 5) is 33.1. The van der Waals surface area contributed by atoms with Crippen LogP contribution in [0.1, 0.15) is 19.8 Å². The molecule has 0 aromatic rings. The third kappa shape index (κ3) is 7.77. The fourth-order valence-corrected chi connectivity index (χ4v) is 1.99. The molecule has 0 heterocycles. The monoisotopic (exact) mass is 306 g/mol. The van der Waals surface area contributed by atoms with Crippen molar-refractivity contribution in [2.75, 3.05) is 5.75 Å². The number of carboxylic acid groups (broad SMARTS) is 1. The molecule has 3 atom stereocenters. The Labute approximate surface area is 118 Å². The lowest BCUT2D eigenvalue weighted by Crippen LogP contribution is -2.38. The predicted molar refractivity (Wildman–Crippen MR) is 71.7 cm³/mol. The Morgan fingerprint density at radius 3 is 2.40 bits per heavy atom. The second-order valence-corrected chi connectivity index (χ2v) is 5.27. The molecule has 0 aliphatic heterocycles. The van der Waals surface area contributed by atoms with Crippen LogP contribution in [0, 0.1) is 0 Å². The first kappa shape index (κ1) is 18.4. The molecule has 0 saturated heterocycles. The van der Waals surface area contributed by atoms with Crippen LogP contribution in [0.2, 0.25) is 0 Å². The van der Waals surface area contributed by atoms with Gasteiger partial charge in [0, 0.05) is 17.2 Å². The minimum Gasteiger partial charge on any atom is -0.480 e. The van der Waals surface area contributed by atoms with E-state index in [0.717, 1.165) is 0 Å². The molecular weight excluding hydrogens is 288 g/mol. The van der Waals surface area contributed by atoms with E-state index in [2.05, 4.69) is 4.74 Å². The summed E-state index contributed by atoms with van der Waals surface area (Å²) >= 11 is 0. The van der Waals surface area contributed by atoms with Crippen LogP contribution >= 0.6 is 0 Å². The Morgan fingerprint density at radius 1 is 1.30 bits per heavy atom. The molecule has 9 heteroatoms. The van der Waals surface area contributed by atoms with Gasteiger partial charge in [0.1, 0.15) is 12.1 Å². The van der Waals surface area contributed by atoms with Gasteiger partial charge in [-0.2, -0.15) is 0 Å². The molecule has 114 valence electrons. The van der Waals surface area contributed by atoms with Crippen molar-refractivity contribution in [3.63, 3.8) is 0 Å². The summed E-state index contributed by atoms with van der Waals surface area (Å²) in [5, 5.41) is 9.87. The zero-order valence-electron chi connectivity index (χ0n) is 11.0. The lowest BCUT2D eigenvalue weighted by molar-refractivity contribution is -0.160. The number of ether oxygens (including phenoxy) is 1. The number of rotatable bonds is 8. The number of aliphatic carboxylic acids is 1. The molecule has 20 heavy (non-hydrogen) atoms. The largest absolute Gasteiger partial charge is 0.480 e. The number of carbonyl (C=O) groups excluding carboxylic acids is 2. The van der Waals surface area contributed by atoms with Gasteiger partial charge in [-0.15, -0.1) is 0 Å². The first-order valence-electron chi connectivity index (χ1n) is 5.76. The van der Waals surface area contributed by atoms with Gasteiger partial charge in [0.2, 0.25) is 0 Å². The van der Waals surface area contributed by atoms with Crippen molar-refractivity contribution >= 4 is 28.7 Å². The topological polar surface area (TPSA) is 150 Å². The fraction of sp³-hybridized carbons (Fsp3) is 0.545. The van der Waals surface area contributed by atoms with Gasteiger partial charge < -0.3 is 21.3 Å². The van der Waals surface area contributed by atoms with Gasteiger partial charge >= 0.3 is 17.9 Å². The van der Waals surface area contributed by atoms with Crippen molar-refractivity contribution in [3.05, 3.63) is 11.5 Å². The summed E-state index contributed by atoms with van der Waals surface area (Å²) in [5.74, 6) is -3.33. The van der Waals surface area contributed by atoms with Gasteiger partial charge in [-0.25, -0.2) is 4.79 Å². The van der Waals surface area contributed by atoms with E-state index in [4.69, 9.17) is 16.6 Å². The van der Waals surface area contributed by atoms with Crippen LogP contribution in [-0.2, 0) is 29.9 Å². The maximum Gasteiger partial charge on any atom is 0.331 e. The first-order chi connectivity index (χ1) is 9.27. The predicted octanol–water partition coefficient (Wildman–Crippen LogP) is -1.14. The second kappa shape index (κ2) is 9.34. The lowest BCUT2D eigenvalue weighted by atomic mass is 10.2. The fourth-order valence-electron chi connectivity index (χ4n) is 1.09. The number of nitrogens with two attached hydrogens (primary N) is 2. The SMILES string of the molecule is C/C=C/S(=O)C[C@H](N)C(=O)OC(=O)CC[C@H](N)C(=O)O. The van der Waals surface area contributed by atoms with Crippen LogP contribution in [0.25, 0.3) is 0 Å². The Hall–Kier alpha value is -1.58. The molecule has 0 aliphatic rings. The van der Waals surface area contributed by atoms with E-state index in [1.54, 1.807) is 13.0 Å².